The van der Waals surface area contributed by atoms with Crippen LogP contribution in [0.3, 0.4) is 0 Å². The van der Waals surface area contributed by atoms with E-state index in [-0.39, 0.29) is 23.4 Å². The fourth-order valence-corrected chi connectivity index (χ4v) is 1.46. The van der Waals surface area contributed by atoms with E-state index in [1.807, 2.05) is 0 Å². The van der Waals surface area contributed by atoms with E-state index in [0.29, 0.717) is 12.0 Å². The van der Waals surface area contributed by atoms with Gasteiger partial charge in [-0.2, -0.15) is 0 Å². The maximum atomic E-state index is 13.3. The summed E-state index contributed by atoms with van der Waals surface area (Å²) in [4.78, 5) is 11.6. The molecule has 1 nitrogen and oxygen atoms in total. The Kier molecular flexibility index (Phi) is 4.22. The number of carbonyl (C=O) groups is 1. The van der Waals surface area contributed by atoms with Crippen LogP contribution >= 0.6 is 0 Å². The number of hydrogen-bond donors (Lipinski definition) is 0. The van der Waals surface area contributed by atoms with Crippen LogP contribution in [0.15, 0.2) is 24.3 Å². The van der Waals surface area contributed by atoms with Crippen LogP contribution in [0, 0.1) is 11.2 Å². The second-order valence-electron chi connectivity index (χ2n) is 5.37. The Bertz CT molecular complexity index is 363. The van der Waals surface area contributed by atoms with Crippen molar-refractivity contribution in [3.8, 4) is 0 Å². The molecular formula is C14H19FO. The monoisotopic (exact) mass is 222 g/mol. The molecule has 0 aromatic heterocycles. The molecule has 0 saturated heterocycles. The zero-order chi connectivity index (χ0) is 12.2. The molecule has 0 bridgehead atoms. The van der Waals surface area contributed by atoms with Crippen molar-refractivity contribution in [1.29, 1.82) is 0 Å². The van der Waals surface area contributed by atoms with Gasteiger partial charge in [-0.15, -0.1) is 0 Å². The van der Waals surface area contributed by atoms with Crippen molar-refractivity contribution in [3.63, 3.8) is 0 Å². The Balaban J connectivity index is 2.50. The van der Waals surface area contributed by atoms with Gasteiger partial charge in [0.25, 0.3) is 0 Å². The molecule has 1 aromatic carbocycles. The molecule has 0 atom stereocenters. The number of rotatable bonds is 4. The Morgan fingerprint density at radius 2 is 1.88 bits per heavy atom. The summed E-state index contributed by atoms with van der Waals surface area (Å²) in [5.74, 6) is -0.174. The summed E-state index contributed by atoms with van der Waals surface area (Å²) in [5, 5.41) is 0. The Morgan fingerprint density at radius 3 is 2.44 bits per heavy atom. The lowest BCUT2D eigenvalue weighted by Gasteiger charge is -2.17. The largest absolute Gasteiger partial charge is 0.299 e. The maximum absolute atomic E-state index is 13.3. The first-order valence-electron chi connectivity index (χ1n) is 5.63. The van der Waals surface area contributed by atoms with Gasteiger partial charge in [-0.25, -0.2) is 4.39 Å². The predicted molar refractivity (Wildman–Crippen MR) is 63.8 cm³/mol. The minimum Gasteiger partial charge on any atom is -0.299 e. The lowest BCUT2D eigenvalue weighted by Crippen LogP contribution is -2.11. The van der Waals surface area contributed by atoms with Crippen LogP contribution in [-0.2, 0) is 11.2 Å². The Hall–Kier alpha value is -1.18. The SMILES string of the molecule is CC(C)(C)CCC(=O)Cc1ccccc1F. The molecular weight excluding hydrogens is 203 g/mol. The van der Waals surface area contributed by atoms with Gasteiger partial charge in [0.2, 0.25) is 0 Å². The van der Waals surface area contributed by atoms with Crippen LogP contribution in [0.4, 0.5) is 4.39 Å². The first kappa shape index (κ1) is 12.9. The standard InChI is InChI=1S/C14H19FO/c1-14(2,3)9-8-12(16)10-11-6-4-5-7-13(11)15/h4-7H,8-10H2,1-3H3. The molecule has 1 aromatic rings. The molecule has 0 fully saturated rings. The normalized spacial score (nSPS) is 11.5. The predicted octanol–water partition coefficient (Wildman–Crippen LogP) is 3.76. The van der Waals surface area contributed by atoms with Gasteiger partial charge in [-0.3, -0.25) is 4.79 Å². The smallest absolute Gasteiger partial charge is 0.137 e. The van der Waals surface area contributed by atoms with Crippen LogP contribution in [-0.4, -0.2) is 5.78 Å². The van der Waals surface area contributed by atoms with E-state index >= 15 is 0 Å². The van der Waals surface area contributed by atoms with Crippen molar-refractivity contribution in [2.45, 2.75) is 40.0 Å². The van der Waals surface area contributed by atoms with Gasteiger partial charge in [-0.05, 0) is 23.5 Å². The number of carbonyl (C=O) groups excluding carboxylic acids is 1. The van der Waals surface area contributed by atoms with Crippen molar-refractivity contribution in [1.82, 2.24) is 0 Å². The van der Waals surface area contributed by atoms with E-state index in [1.54, 1.807) is 18.2 Å². The second-order valence-corrected chi connectivity index (χ2v) is 5.37. The van der Waals surface area contributed by atoms with E-state index in [1.165, 1.54) is 6.07 Å². The fourth-order valence-electron chi connectivity index (χ4n) is 1.46. The van der Waals surface area contributed by atoms with Gasteiger partial charge >= 0.3 is 0 Å². The first-order chi connectivity index (χ1) is 7.38. The molecule has 0 radical (unpaired) electrons. The lowest BCUT2D eigenvalue weighted by molar-refractivity contribution is -0.119. The van der Waals surface area contributed by atoms with E-state index in [4.69, 9.17) is 0 Å². The van der Waals surface area contributed by atoms with Gasteiger partial charge in [0.15, 0.2) is 0 Å². The van der Waals surface area contributed by atoms with Crippen LogP contribution in [0.5, 0.6) is 0 Å². The average Bonchev–Trinajstić information content (AvgIpc) is 2.18. The second kappa shape index (κ2) is 5.24. The summed E-state index contributed by atoms with van der Waals surface area (Å²) in [5.41, 5.74) is 0.659. The number of hydrogen-bond acceptors (Lipinski definition) is 1. The van der Waals surface area contributed by atoms with Crippen molar-refractivity contribution in [2.75, 3.05) is 0 Å². The molecule has 0 unspecified atom stereocenters. The molecule has 1 rings (SSSR count). The molecule has 0 N–H and O–H groups in total. The number of benzene rings is 1. The Morgan fingerprint density at radius 1 is 1.25 bits per heavy atom. The van der Waals surface area contributed by atoms with Crippen LogP contribution in [0.2, 0.25) is 0 Å². The van der Waals surface area contributed by atoms with Gasteiger partial charge in [0.1, 0.15) is 11.6 Å². The molecule has 0 aliphatic heterocycles. The first-order valence-corrected chi connectivity index (χ1v) is 5.63. The molecule has 2 heteroatoms. The quantitative estimate of drug-likeness (QED) is 0.758. The van der Waals surface area contributed by atoms with Crippen LogP contribution in [0.1, 0.15) is 39.2 Å². The van der Waals surface area contributed by atoms with Crippen LogP contribution in [0.25, 0.3) is 0 Å². The van der Waals surface area contributed by atoms with Crippen molar-refractivity contribution < 1.29 is 9.18 Å². The third kappa shape index (κ3) is 4.56. The number of Topliss-reactive ketones (excluding diaryl/α,β-unsaturated/α-hetero) is 1. The van der Waals surface area contributed by atoms with E-state index < -0.39 is 0 Å². The number of halogens is 1. The molecule has 16 heavy (non-hydrogen) atoms. The van der Waals surface area contributed by atoms with Gasteiger partial charge in [0.05, 0.1) is 0 Å². The van der Waals surface area contributed by atoms with Crippen molar-refractivity contribution in [2.24, 2.45) is 5.41 Å². The summed E-state index contributed by atoms with van der Waals surface area (Å²) in [6, 6.07) is 6.46. The lowest BCUT2D eigenvalue weighted by atomic mass is 9.89. The zero-order valence-electron chi connectivity index (χ0n) is 10.2. The molecule has 0 saturated carbocycles. The van der Waals surface area contributed by atoms with E-state index in [2.05, 4.69) is 20.8 Å². The summed E-state index contributed by atoms with van der Waals surface area (Å²) in [6.07, 6.45) is 1.58. The highest BCUT2D eigenvalue weighted by atomic mass is 19.1. The summed E-state index contributed by atoms with van der Waals surface area (Å²) in [6.45, 7) is 6.30. The highest BCUT2D eigenvalue weighted by Gasteiger charge is 2.14. The zero-order valence-corrected chi connectivity index (χ0v) is 10.2. The van der Waals surface area contributed by atoms with E-state index in [0.717, 1.165) is 6.42 Å². The van der Waals surface area contributed by atoms with Crippen molar-refractivity contribution >= 4 is 5.78 Å². The highest BCUT2D eigenvalue weighted by molar-refractivity contribution is 5.80. The van der Waals surface area contributed by atoms with E-state index in [9.17, 15) is 9.18 Å². The van der Waals surface area contributed by atoms with Crippen molar-refractivity contribution in [3.05, 3.63) is 35.6 Å². The third-order valence-corrected chi connectivity index (χ3v) is 2.50. The number of ketones is 1. The van der Waals surface area contributed by atoms with Gasteiger partial charge in [-0.1, -0.05) is 39.0 Å². The summed E-state index contributed by atoms with van der Waals surface area (Å²) < 4.78 is 13.3. The van der Waals surface area contributed by atoms with Gasteiger partial charge < -0.3 is 0 Å². The Labute approximate surface area is 96.7 Å². The summed E-state index contributed by atoms with van der Waals surface area (Å²) in [7, 11) is 0. The molecule has 0 aliphatic carbocycles. The third-order valence-electron chi connectivity index (χ3n) is 2.50. The van der Waals surface area contributed by atoms with Crippen LogP contribution < -0.4 is 0 Å². The average molecular weight is 222 g/mol. The summed E-state index contributed by atoms with van der Waals surface area (Å²) >= 11 is 0. The molecule has 88 valence electrons. The molecule has 0 spiro atoms. The fraction of sp³-hybridized carbons (Fsp3) is 0.500. The molecule has 0 heterocycles. The topological polar surface area (TPSA) is 17.1 Å². The maximum Gasteiger partial charge on any atom is 0.137 e. The minimum atomic E-state index is -0.286. The van der Waals surface area contributed by atoms with Gasteiger partial charge in [0, 0.05) is 12.8 Å². The molecule has 0 aliphatic rings. The minimum absolute atomic E-state index is 0.111. The highest BCUT2D eigenvalue weighted by Crippen LogP contribution is 2.21. The molecule has 0 amide bonds.